The zero-order chi connectivity index (χ0) is 22.9. The largest absolute Gasteiger partial charge is 0.486 e. The zero-order valence-electron chi connectivity index (χ0n) is 18.0. The van der Waals surface area contributed by atoms with Crippen LogP contribution in [0.15, 0.2) is 71.1 Å². The van der Waals surface area contributed by atoms with Gasteiger partial charge in [0.25, 0.3) is 0 Å². The van der Waals surface area contributed by atoms with E-state index in [4.69, 9.17) is 9.15 Å². The minimum Gasteiger partial charge on any atom is -0.486 e. The number of benzene rings is 3. The van der Waals surface area contributed by atoms with Crippen LogP contribution < -0.4 is 4.74 Å². The molecule has 33 heavy (non-hydrogen) atoms. The Morgan fingerprint density at radius 3 is 2.48 bits per heavy atom. The van der Waals surface area contributed by atoms with Crippen LogP contribution in [-0.4, -0.2) is 21.8 Å². The quantitative estimate of drug-likeness (QED) is 0.413. The Morgan fingerprint density at radius 1 is 1.00 bits per heavy atom. The molecule has 1 N–H and O–H groups in total. The second-order valence-corrected chi connectivity index (χ2v) is 7.99. The molecule has 6 heteroatoms. The monoisotopic (exact) mass is 439 g/mol. The number of hydrogen-bond donors (Lipinski definition) is 1. The molecule has 0 unspecified atom stereocenters. The highest BCUT2D eigenvalue weighted by atomic mass is 16.5. The summed E-state index contributed by atoms with van der Waals surface area (Å²) in [6.45, 7) is 2.02. The lowest BCUT2D eigenvalue weighted by atomic mass is 9.98. The molecule has 6 nitrogen and oxygen atoms in total. The van der Waals surface area contributed by atoms with Gasteiger partial charge in [-0.15, -0.1) is 0 Å². The molecule has 4 aromatic rings. The van der Waals surface area contributed by atoms with Crippen molar-refractivity contribution in [3.8, 4) is 28.3 Å². The van der Waals surface area contributed by atoms with Crippen molar-refractivity contribution in [1.82, 2.24) is 4.98 Å². The Labute approximate surface area is 190 Å². The first-order chi connectivity index (χ1) is 16.0. The Kier molecular flexibility index (Phi) is 5.26. The Morgan fingerprint density at radius 2 is 1.76 bits per heavy atom. The fraction of sp³-hybridized carbons (Fsp3) is 0.148. The number of carbonyl (C=O) groups is 2. The first kappa shape index (κ1) is 20.7. The molecule has 5 rings (SSSR count). The van der Waals surface area contributed by atoms with Gasteiger partial charge < -0.3 is 14.3 Å². The van der Waals surface area contributed by atoms with Crippen molar-refractivity contribution in [2.45, 2.75) is 26.4 Å². The zero-order valence-corrected chi connectivity index (χ0v) is 18.0. The van der Waals surface area contributed by atoms with Crippen molar-refractivity contribution >= 4 is 11.8 Å². The number of hydrogen-bond acceptors (Lipinski definition) is 5. The molecule has 0 saturated carbocycles. The average molecular weight is 439 g/mol. The summed E-state index contributed by atoms with van der Waals surface area (Å²) in [4.78, 5) is 28.1. The van der Waals surface area contributed by atoms with Crippen LogP contribution in [0.3, 0.4) is 0 Å². The molecule has 0 amide bonds. The maximum absolute atomic E-state index is 12.3. The van der Waals surface area contributed by atoms with Crippen LogP contribution >= 0.6 is 0 Å². The van der Waals surface area contributed by atoms with E-state index in [2.05, 4.69) is 4.98 Å². The predicted molar refractivity (Wildman–Crippen MR) is 122 cm³/mol. The van der Waals surface area contributed by atoms with E-state index < -0.39 is 5.97 Å². The number of carboxylic acid groups (broad SMARTS) is 1. The molecule has 0 spiro atoms. The molecule has 1 heterocycles. The minimum atomic E-state index is -0.978. The van der Waals surface area contributed by atoms with Crippen molar-refractivity contribution in [2.24, 2.45) is 0 Å². The SMILES string of the molecule is Cc1oc(-c2ccccc2)nc1COc1cc2c(cc1-c1ccc(C(=O)O)cc1)CCC2=O. The van der Waals surface area contributed by atoms with E-state index in [-0.39, 0.29) is 18.0 Å². The second-order valence-electron chi connectivity index (χ2n) is 7.99. The molecule has 0 atom stereocenters. The van der Waals surface area contributed by atoms with Crippen molar-refractivity contribution in [1.29, 1.82) is 0 Å². The Balaban J connectivity index is 1.48. The number of carboxylic acids is 1. The maximum Gasteiger partial charge on any atom is 0.335 e. The van der Waals surface area contributed by atoms with Crippen molar-refractivity contribution < 1.29 is 23.8 Å². The van der Waals surface area contributed by atoms with E-state index in [0.29, 0.717) is 41.5 Å². The lowest BCUT2D eigenvalue weighted by molar-refractivity contribution is 0.0696. The van der Waals surface area contributed by atoms with Crippen molar-refractivity contribution in [3.63, 3.8) is 0 Å². The van der Waals surface area contributed by atoms with Gasteiger partial charge in [0.2, 0.25) is 5.89 Å². The normalized spacial score (nSPS) is 12.6. The van der Waals surface area contributed by atoms with E-state index >= 15 is 0 Å². The molecule has 164 valence electrons. The molecule has 3 aromatic carbocycles. The number of rotatable bonds is 6. The van der Waals surface area contributed by atoms with Gasteiger partial charge in [-0.3, -0.25) is 4.79 Å². The van der Waals surface area contributed by atoms with Gasteiger partial charge in [0.05, 0.1) is 5.56 Å². The smallest absolute Gasteiger partial charge is 0.335 e. The number of oxazole rings is 1. The third kappa shape index (κ3) is 4.03. The van der Waals surface area contributed by atoms with Crippen LogP contribution in [0.1, 0.15) is 44.2 Å². The van der Waals surface area contributed by atoms with E-state index in [1.54, 1.807) is 30.3 Å². The molecule has 1 aromatic heterocycles. The van der Waals surface area contributed by atoms with E-state index in [0.717, 1.165) is 22.3 Å². The fourth-order valence-electron chi connectivity index (χ4n) is 4.02. The Hall–Kier alpha value is -4.19. The summed E-state index contributed by atoms with van der Waals surface area (Å²) in [5.74, 6) is 0.870. The topological polar surface area (TPSA) is 89.6 Å². The third-order valence-corrected chi connectivity index (χ3v) is 5.85. The lowest BCUT2D eigenvalue weighted by Crippen LogP contribution is -2.02. The highest BCUT2D eigenvalue weighted by Crippen LogP contribution is 2.37. The van der Waals surface area contributed by atoms with Gasteiger partial charge in [0.1, 0.15) is 23.8 Å². The number of aromatic nitrogens is 1. The highest BCUT2D eigenvalue weighted by molar-refractivity contribution is 6.01. The Bertz CT molecular complexity index is 1350. The molecule has 1 aliphatic carbocycles. The van der Waals surface area contributed by atoms with Gasteiger partial charge in [-0.05, 0) is 60.9 Å². The highest BCUT2D eigenvalue weighted by Gasteiger charge is 2.23. The summed E-state index contributed by atoms with van der Waals surface area (Å²) in [7, 11) is 0. The minimum absolute atomic E-state index is 0.103. The van der Waals surface area contributed by atoms with E-state index in [9.17, 15) is 14.7 Å². The van der Waals surface area contributed by atoms with Gasteiger partial charge in [0.15, 0.2) is 5.78 Å². The van der Waals surface area contributed by atoms with Crippen LogP contribution in [0.5, 0.6) is 5.75 Å². The maximum atomic E-state index is 12.3. The molecule has 0 aliphatic heterocycles. The number of aryl methyl sites for hydroxylation is 2. The summed E-state index contributed by atoms with van der Waals surface area (Å²) in [5.41, 5.74) is 5.06. The molecule has 0 fully saturated rings. The number of ether oxygens (including phenoxy) is 1. The molecule has 1 aliphatic rings. The standard InChI is InChI=1S/C27H21NO5/c1-16-23(28-26(33-16)18-5-3-2-4-6-18)15-32-25-14-21-20(11-12-24(21)29)13-22(25)17-7-9-19(10-8-17)27(30)31/h2-10,13-14H,11-12,15H2,1H3,(H,30,31). The average Bonchev–Trinajstić information content (AvgIpc) is 3.39. The summed E-state index contributed by atoms with van der Waals surface area (Å²) in [6, 6.07) is 20.0. The van der Waals surface area contributed by atoms with Crippen LogP contribution in [0.25, 0.3) is 22.6 Å². The van der Waals surface area contributed by atoms with Gasteiger partial charge in [-0.25, -0.2) is 9.78 Å². The van der Waals surface area contributed by atoms with Crippen LogP contribution in [-0.2, 0) is 13.0 Å². The number of nitrogens with zero attached hydrogens (tertiary/aromatic N) is 1. The summed E-state index contributed by atoms with van der Waals surface area (Å²) >= 11 is 0. The summed E-state index contributed by atoms with van der Waals surface area (Å²) in [5, 5.41) is 9.20. The van der Waals surface area contributed by atoms with Gasteiger partial charge in [-0.2, -0.15) is 0 Å². The first-order valence-electron chi connectivity index (χ1n) is 10.7. The third-order valence-electron chi connectivity index (χ3n) is 5.85. The van der Waals surface area contributed by atoms with Gasteiger partial charge >= 0.3 is 5.97 Å². The lowest BCUT2D eigenvalue weighted by Gasteiger charge is -2.14. The second kappa shape index (κ2) is 8.39. The predicted octanol–water partition coefficient (Wildman–Crippen LogP) is 5.72. The molecule has 0 saturated heterocycles. The van der Waals surface area contributed by atoms with Crippen LogP contribution in [0.4, 0.5) is 0 Å². The van der Waals surface area contributed by atoms with E-state index in [1.165, 1.54) is 0 Å². The van der Waals surface area contributed by atoms with Crippen molar-refractivity contribution in [3.05, 3.63) is 94.9 Å². The van der Waals surface area contributed by atoms with Gasteiger partial charge in [0, 0.05) is 23.1 Å². The first-order valence-corrected chi connectivity index (χ1v) is 10.7. The summed E-state index contributed by atoms with van der Waals surface area (Å²) in [6.07, 6.45) is 1.18. The van der Waals surface area contributed by atoms with Crippen LogP contribution in [0.2, 0.25) is 0 Å². The fourth-order valence-corrected chi connectivity index (χ4v) is 4.02. The van der Waals surface area contributed by atoms with Crippen molar-refractivity contribution in [2.75, 3.05) is 0 Å². The van der Waals surface area contributed by atoms with Gasteiger partial charge in [-0.1, -0.05) is 30.3 Å². The number of ketones is 1. The molecule has 0 radical (unpaired) electrons. The molecular formula is C27H21NO5. The number of carbonyl (C=O) groups excluding carboxylic acids is 1. The number of aromatic carboxylic acids is 1. The molecular weight excluding hydrogens is 418 g/mol. The number of Topliss-reactive ketones (excluding diaryl/α,β-unsaturated/α-hetero) is 1. The molecule has 0 bridgehead atoms. The van der Waals surface area contributed by atoms with Crippen LogP contribution in [0, 0.1) is 6.92 Å². The number of fused-ring (bicyclic) bond motifs is 1. The summed E-state index contributed by atoms with van der Waals surface area (Å²) < 4.78 is 12.0. The van der Waals surface area contributed by atoms with E-state index in [1.807, 2.05) is 43.3 Å².